The van der Waals surface area contributed by atoms with E-state index >= 15 is 0 Å². The van der Waals surface area contributed by atoms with Crippen molar-refractivity contribution in [3.63, 3.8) is 0 Å². The second-order valence-corrected chi connectivity index (χ2v) is 10.7. The van der Waals surface area contributed by atoms with Gasteiger partial charge in [0.25, 0.3) is 5.56 Å². The van der Waals surface area contributed by atoms with E-state index in [0.29, 0.717) is 13.1 Å². The first kappa shape index (κ1) is 23.3. The molecule has 0 spiro atoms. The van der Waals surface area contributed by atoms with Crippen LogP contribution in [0.15, 0.2) is 45.5 Å². The molecule has 0 aliphatic rings. The van der Waals surface area contributed by atoms with Gasteiger partial charge >= 0.3 is 0 Å². The zero-order chi connectivity index (χ0) is 21.8. The van der Waals surface area contributed by atoms with Crippen molar-refractivity contribution in [3.05, 3.63) is 51.1 Å². The molecule has 1 unspecified atom stereocenters. The summed E-state index contributed by atoms with van der Waals surface area (Å²) in [5, 5.41) is 4.94. The average Bonchev–Trinajstić information content (AvgIpc) is 3.15. The number of rotatable bonds is 8. The fraction of sp³-hybridized carbons (Fsp3) is 0.500. The molecule has 0 aromatic carbocycles. The molecule has 7 nitrogen and oxygen atoms in total. The van der Waals surface area contributed by atoms with Gasteiger partial charge in [-0.25, -0.2) is 8.42 Å². The van der Waals surface area contributed by atoms with Crippen molar-refractivity contribution in [1.29, 1.82) is 0 Å². The van der Waals surface area contributed by atoms with E-state index in [-0.39, 0.29) is 28.8 Å². The van der Waals surface area contributed by atoms with Gasteiger partial charge in [0.1, 0.15) is 6.54 Å². The van der Waals surface area contributed by atoms with Crippen LogP contribution >= 0.6 is 11.3 Å². The van der Waals surface area contributed by atoms with Crippen LogP contribution in [-0.4, -0.2) is 36.3 Å². The van der Waals surface area contributed by atoms with Crippen LogP contribution in [0.25, 0.3) is 0 Å². The van der Waals surface area contributed by atoms with E-state index in [1.54, 1.807) is 25.2 Å². The number of hydrogen-bond acceptors (Lipinski definition) is 5. The number of carbonyl (C=O) groups is 1. The van der Waals surface area contributed by atoms with Crippen LogP contribution in [0.2, 0.25) is 0 Å². The van der Waals surface area contributed by atoms with E-state index in [4.69, 9.17) is 0 Å². The monoisotopic (exact) mass is 439 g/mol. The molecule has 160 valence electrons. The fourth-order valence-corrected chi connectivity index (χ4v) is 5.53. The Morgan fingerprint density at radius 3 is 2.38 bits per heavy atom. The van der Waals surface area contributed by atoms with Gasteiger partial charge < -0.3 is 9.88 Å². The molecule has 0 radical (unpaired) electrons. The molecule has 29 heavy (non-hydrogen) atoms. The summed E-state index contributed by atoms with van der Waals surface area (Å²) in [4.78, 5) is 26.0. The summed E-state index contributed by atoms with van der Waals surface area (Å²) in [6.07, 6.45) is 1.24. The summed E-state index contributed by atoms with van der Waals surface area (Å²) in [6, 6.07) is 6.15. The molecule has 9 heteroatoms. The quantitative estimate of drug-likeness (QED) is 0.685. The number of nitrogens with zero attached hydrogens (tertiary/aromatic N) is 2. The van der Waals surface area contributed by atoms with Gasteiger partial charge in [-0.3, -0.25) is 9.59 Å². The third-order valence-electron chi connectivity index (χ3n) is 4.61. The maximum absolute atomic E-state index is 12.7. The highest BCUT2D eigenvalue weighted by Crippen LogP contribution is 2.35. The Bertz CT molecular complexity index is 985. The number of aromatic nitrogens is 1. The topological polar surface area (TPSA) is 88.5 Å². The lowest BCUT2D eigenvalue weighted by molar-refractivity contribution is -0.123. The number of pyridine rings is 1. The predicted molar refractivity (Wildman–Crippen MR) is 115 cm³/mol. The minimum atomic E-state index is -3.71. The summed E-state index contributed by atoms with van der Waals surface area (Å²) in [6.45, 7) is 9.99. The Balaban J connectivity index is 2.27. The molecule has 0 bridgehead atoms. The second kappa shape index (κ2) is 9.23. The maximum Gasteiger partial charge on any atom is 0.251 e. The number of hydrogen-bond donors (Lipinski definition) is 1. The van der Waals surface area contributed by atoms with Crippen LogP contribution in [0.3, 0.4) is 0 Å². The molecule has 1 N–H and O–H groups in total. The fourth-order valence-electron chi connectivity index (χ4n) is 3.03. The highest BCUT2D eigenvalue weighted by molar-refractivity contribution is 7.89. The van der Waals surface area contributed by atoms with E-state index in [9.17, 15) is 18.0 Å². The van der Waals surface area contributed by atoms with Crippen LogP contribution in [0.5, 0.6) is 0 Å². The molecule has 0 aliphatic carbocycles. The minimum Gasteiger partial charge on any atom is -0.346 e. The molecule has 2 aromatic rings. The lowest BCUT2D eigenvalue weighted by atomic mass is 9.85. The standard InChI is InChI=1S/C20H29N3O4S2/c1-6-23(7-2)29(26,27)15-10-11-18(25)22(13-15)14-17(24)21-19(20(3,4)5)16-9-8-12-28-16/h8-13,19H,6-7,14H2,1-5H3,(H,21,24). The van der Waals surface area contributed by atoms with Gasteiger partial charge in [-0.2, -0.15) is 4.31 Å². The summed E-state index contributed by atoms with van der Waals surface area (Å²) < 4.78 is 27.9. The van der Waals surface area contributed by atoms with Crippen molar-refractivity contribution in [2.24, 2.45) is 5.41 Å². The predicted octanol–water partition coefficient (Wildman–Crippen LogP) is 2.84. The summed E-state index contributed by atoms with van der Waals surface area (Å²) in [7, 11) is -3.71. The summed E-state index contributed by atoms with van der Waals surface area (Å²) in [5.41, 5.74) is -0.651. The Kier molecular flexibility index (Phi) is 7.42. The first-order chi connectivity index (χ1) is 13.5. The van der Waals surface area contributed by atoms with Crippen molar-refractivity contribution in [2.75, 3.05) is 13.1 Å². The molecule has 2 aromatic heterocycles. The largest absolute Gasteiger partial charge is 0.346 e. The van der Waals surface area contributed by atoms with E-state index in [2.05, 4.69) is 5.32 Å². The molecule has 0 saturated carbocycles. The highest BCUT2D eigenvalue weighted by Gasteiger charge is 2.29. The Morgan fingerprint density at radius 1 is 1.21 bits per heavy atom. The smallest absolute Gasteiger partial charge is 0.251 e. The van der Waals surface area contributed by atoms with Gasteiger partial charge in [0.15, 0.2) is 0 Å². The van der Waals surface area contributed by atoms with Gasteiger partial charge in [-0.1, -0.05) is 40.7 Å². The molecule has 2 rings (SSSR count). The number of thiophene rings is 1. The zero-order valence-electron chi connectivity index (χ0n) is 17.5. The van der Waals surface area contributed by atoms with Crippen molar-refractivity contribution in [1.82, 2.24) is 14.2 Å². The number of amides is 1. The average molecular weight is 440 g/mol. The Labute approximate surface area is 176 Å². The normalized spacial score (nSPS) is 13.4. The molecular weight excluding hydrogens is 410 g/mol. The number of carbonyl (C=O) groups excluding carboxylic acids is 1. The molecular formula is C20H29N3O4S2. The van der Waals surface area contributed by atoms with E-state index in [1.165, 1.54) is 22.6 Å². The minimum absolute atomic E-state index is 0.000715. The van der Waals surface area contributed by atoms with Crippen molar-refractivity contribution < 1.29 is 13.2 Å². The third-order valence-corrected chi connectivity index (χ3v) is 7.58. The SMILES string of the molecule is CCN(CC)S(=O)(=O)c1ccc(=O)n(CC(=O)NC(c2cccs2)C(C)(C)C)c1. The molecule has 1 atom stereocenters. The van der Waals surface area contributed by atoms with Gasteiger partial charge in [0.05, 0.1) is 10.9 Å². The van der Waals surface area contributed by atoms with Gasteiger partial charge in [-0.05, 0) is 22.9 Å². The molecule has 2 heterocycles. The zero-order valence-corrected chi connectivity index (χ0v) is 19.1. The van der Waals surface area contributed by atoms with Gasteiger partial charge in [-0.15, -0.1) is 11.3 Å². The van der Waals surface area contributed by atoms with Crippen LogP contribution < -0.4 is 10.9 Å². The van der Waals surface area contributed by atoms with Crippen LogP contribution in [0.1, 0.15) is 45.5 Å². The summed E-state index contributed by atoms with van der Waals surface area (Å²) >= 11 is 1.56. The van der Waals surface area contributed by atoms with Crippen molar-refractivity contribution >= 4 is 27.3 Å². The number of nitrogens with one attached hydrogen (secondary N) is 1. The Hall–Kier alpha value is -1.97. The first-order valence-corrected chi connectivity index (χ1v) is 11.9. The molecule has 1 amide bonds. The number of sulfonamides is 1. The lowest BCUT2D eigenvalue weighted by Gasteiger charge is -2.31. The van der Waals surface area contributed by atoms with Crippen LogP contribution in [0, 0.1) is 5.41 Å². The van der Waals surface area contributed by atoms with E-state index in [0.717, 1.165) is 9.44 Å². The summed E-state index contributed by atoms with van der Waals surface area (Å²) in [5.74, 6) is -0.349. The van der Waals surface area contributed by atoms with Crippen LogP contribution in [-0.2, 0) is 21.4 Å². The van der Waals surface area contributed by atoms with E-state index < -0.39 is 15.6 Å². The van der Waals surface area contributed by atoms with Crippen LogP contribution in [0.4, 0.5) is 0 Å². The molecule has 0 aliphatic heterocycles. The molecule has 0 saturated heterocycles. The third kappa shape index (κ3) is 5.55. The van der Waals surface area contributed by atoms with Crippen molar-refractivity contribution in [3.8, 4) is 0 Å². The lowest BCUT2D eigenvalue weighted by Crippen LogP contribution is -2.39. The second-order valence-electron chi connectivity index (χ2n) is 7.80. The van der Waals surface area contributed by atoms with Gasteiger partial charge in [0, 0.05) is 30.2 Å². The highest BCUT2D eigenvalue weighted by atomic mass is 32.2. The van der Waals surface area contributed by atoms with E-state index in [1.807, 2.05) is 38.3 Å². The molecule has 0 fully saturated rings. The maximum atomic E-state index is 12.7. The van der Waals surface area contributed by atoms with Crippen molar-refractivity contribution in [2.45, 2.75) is 52.1 Å². The van der Waals surface area contributed by atoms with Gasteiger partial charge in [0.2, 0.25) is 15.9 Å². The first-order valence-electron chi connectivity index (χ1n) is 9.54. The Morgan fingerprint density at radius 2 is 1.86 bits per heavy atom.